The molecular formula is C20H34F3N5O. The number of likely N-dealkylation sites (tertiary alicyclic amines) is 1. The van der Waals surface area contributed by atoms with E-state index in [4.69, 9.17) is 4.52 Å². The van der Waals surface area contributed by atoms with E-state index in [0.717, 1.165) is 68.2 Å². The van der Waals surface area contributed by atoms with Gasteiger partial charge in [-0.15, -0.1) is 0 Å². The van der Waals surface area contributed by atoms with Crippen molar-refractivity contribution in [1.82, 2.24) is 20.7 Å². The van der Waals surface area contributed by atoms with Crippen molar-refractivity contribution in [2.24, 2.45) is 10.9 Å². The lowest BCUT2D eigenvalue weighted by Crippen LogP contribution is -2.41. The topological polar surface area (TPSA) is 65.7 Å². The van der Waals surface area contributed by atoms with Crippen LogP contribution in [-0.4, -0.2) is 54.9 Å². The number of rotatable bonds is 9. The molecule has 1 saturated heterocycles. The van der Waals surface area contributed by atoms with Crippen LogP contribution in [0.4, 0.5) is 13.2 Å². The number of aryl methyl sites for hydroxylation is 2. The first kappa shape index (κ1) is 23.5. The van der Waals surface area contributed by atoms with Gasteiger partial charge in [-0.25, -0.2) is 4.99 Å². The summed E-state index contributed by atoms with van der Waals surface area (Å²) in [5.41, 5.74) is 2.01. The molecule has 1 aliphatic heterocycles. The minimum absolute atomic E-state index is 0.450. The zero-order chi connectivity index (χ0) is 21.3. The number of aliphatic imine (C=N–C) groups is 1. The van der Waals surface area contributed by atoms with Crippen LogP contribution in [0.25, 0.3) is 0 Å². The fourth-order valence-corrected chi connectivity index (χ4v) is 3.70. The van der Waals surface area contributed by atoms with Crippen molar-refractivity contribution in [3.63, 3.8) is 0 Å². The number of nitrogens with zero attached hydrogens (tertiary/aromatic N) is 3. The van der Waals surface area contributed by atoms with Crippen molar-refractivity contribution >= 4 is 5.96 Å². The standard InChI is InChI=1S/C20H34F3N5O/c1-4-17-16(18(5-2)29-27-17)13-26-19(24-6-3)25-10-7-15-8-11-28(12-9-15)14-20(21,22)23/h15H,4-14H2,1-3H3,(H2,24,25,26). The molecule has 0 saturated carbocycles. The van der Waals surface area contributed by atoms with E-state index < -0.39 is 12.7 Å². The fraction of sp³-hybridized carbons (Fsp3) is 0.800. The molecule has 6 nitrogen and oxygen atoms in total. The molecule has 0 aromatic carbocycles. The fourth-order valence-electron chi connectivity index (χ4n) is 3.70. The molecule has 1 aromatic heterocycles. The average molecular weight is 418 g/mol. The zero-order valence-corrected chi connectivity index (χ0v) is 17.7. The lowest BCUT2D eigenvalue weighted by molar-refractivity contribution is -0.148. The number of halogens is 3. The molecule has 0 spiro atoms. The molecule has 0 amide bonds. The number of guanidine groups is 1. The van der Waals surface area contributed by atoms with Gasteiger partial charge in [0.1, 0.15) is 5.76 Å². The summed E-state index contributed by atoms with van der Waals surface area (Å²) >= 11 is 0. The molecule has 9 heteroatoms. The van der Waals surface area contributed by atoms with Crippen LogP contribution in [0, 0.1) is 5.92 Å². The number of aromatic nitrogens is 1. The predicted molar refractivity (Wildman–Crippen MR) is 108 cm³/mol. The van der Waals surface area contributed by atoms with Crippen molar-refractivity contribution in [2.75, 3.05) is 32.7 Å². The number of piperidine rings is 1. The average Bonchev–Trinajstić information content (AvgIpc) is 3.08. The number of alkyl halides is 3. The molecule has 1 aliphatic rings. The summed E-state index contributed by atoms with van der Waals surface area (Å²) in [4.78, 5) is 6.17. The van der Waals surface area contributed by atoms with Crippen LogP contribution in [-0.2, 0) is 19.4 Å². The van der Waals surface area contributed by atoms with Crippen LogP contribution < -0.4 is 10.6 Å². The van der Waals surface area contributed by atoms with Gasteiger partial charge in [-0.1, -0.05) is 19.0 Å². The van der Waals surface area contributed by atoms with Crippen molar-refractivity contribution < 1.29 is 17.7 Å². The third kappa shape index (κ3) is 7.87. The summed E-state index contributed by atoms with van der Waals surface area (Å²) in [5, 5.41) is 10.7. The van der Waals surface area contributed by atoms with E-state index in [9.17, 15) is 13.2 Å². The summed E-state index contributed by atoms with van der Waals surface area (Å²) in [6.45, 7) is 8.37. The maximum atomic E-state index is 12.5. The minimum atomic E-state index is -4.11. The van der Waals surface area contributed by atoms with Gasteiger partial charge in [-0.2, -0.15) is 13.2 Å². The SMILES string of the molecule is CCNC(=NCc1c(CC)noc1CC)NCCC1CCN(CC(F)(F)F)CC1. The first-order chi connectivity index (χ1) is 13.9. The van der Waals surface area contributed by atoms with E-state index >= 15 is 0 Å². The Morgan fingerprint density at radius 1 is 1.17 bits per heavy atom. The van der Waals surface area contributed by atoms with Crippen LogP contribution in [0.3, 0.4) is 0 Å². The van der Waals surface area contributed by atoms with Gasteiger partial charge in [-0.05, 0) is 51.6 Å². The lowest BCUT2D eigenvalue weighted by Gasteiger charge is -2.32. The highest BCUT2D eigenvalue weighted by Gasteiger charge is 2.32. The van der Waals surface area contributed by atoms with Gasteiger partial charge in [0, 0.05) is 25.1 Å². The molecular weight excluding hydrogens is 383 g/mol. The Morgan fingerprint density at radius 3 is 2.48 bits per heavy atom. The van der Waals surface area contributed by atoms with Crippen LogP contribution >= 0.6 is 0 Å². The molecule has 2 heterocycles. The highest BCUT2D eigenvalue weighted by atomic mass is 19.4. The normalized spacial score (nSPS) is 17.0. The first-order valence-corrected chi connectivity index (χ1v) is 10.6. The Hall–Kier alpha value is -1.77. The van der Waals surface area contributed by atoms with Gasteiger partial charge in [0.15, 0.2) is 5.96 Å². The first-order valence-electron chi connectivity index (χ1n) is 10.6. The quantitative estimate of drug-likeness (QED) is 0.475. The molecule has 0 unspecified atom stereocenters. The van der Waals surface area contributed by atoms with Crippen LogP contribution in [0.5, 0.6) is 0 Å². The third-order valence-corrected chi connectivity index (χ3v) is 5.30. The third-order valence-electron chi connectivity index (χ3n) is 5.30. The van der Waals surface area contributed by atoms with Gasteiger partial charge in [0.05, 0.1) is 18.8 Å². The van der Waals surface area contributed by atoms with E-state index in [0.29, 0.717) is 25.6 Å². The van der Waals surface area contributed by atoms with Gasteiger partial charge >= 0.3 is 6.18 Å². The minimum Gasteiger partial charge on any atom is -0.361 e. The van der Waals surface area contributed by atoms with Crippen molar-refractivity contribution in [3.05, 3.63) is 17.0 Å². The van der Waals surface area contributed by atoms with Crippen LogP contribution in [0.2, 0.25) is 0 Å². The van der Waals surface area contributed by atoms with Crippen LogP contribution in [0.1, 0.15) is 57.1 Å². The zero-order valence-electron chi connectivity index (χ0n) is 17.7. The summed E-state index contributed by atoms with van der Waals surface area (Å²) in [6, 6.07) is 0. The monoisotopic (exact) mass is 417 g/mol. The molecule has 29 heavy (non-hydrogen) atoms. The molecule has 0 bridgehead atoms. The maximum absolute atomic E-state index is 12.5. The van der Waals surface area contributed by atoms with E-state index in [1.54, 1.807) is 0 Å². The van der Waals surface area contributed by atoms with Crippen molar-refractivity contribution in [2.45, 2.75) is 65.6 Å². The van der Waals surface area contributed by atoms with Gasteiger partial charge in [0.25, 0.3) is 0 Å². The Labute approximate surface area is 171 Å². The summed E-state index contributed by atoms with van der Waals surface area (Å²) in [5.74, 6) is 2.07. The molecule has 1 aromatic rings. The van der Waals surface area contributed by atoms with E-state index in [2.05, 4.69) is 20.8 Å². The Morgan fingerprint density at radius 2 is 1.90 bits per heavy atom. The maximum Gasteiger partial charge on any atom is 0.401 e. The van der Waals surface area contributed by atoms with Gasteiger partial charge in [0.2, 0.25) is 0 Å². The smallest absolute Gasteiger partial charge is 0.361 e. The van der Waals surface area contributed by atoms with Crippen molar-refractivity contribution in [1.29, 1.82) is 0 Å². The van der Waals surface area contributed by atoms with Gasteiger partial charge < -0.3 is 15.2 Å². The lowest BCUT2D eigenvalue weighted by atomic mass is 9.93. The summed E-state index contributed by atoms with van der Waals surface area (Å²) in [7, 11) is 0. The number of hydrogen-bond donors (Lipinski definition) is 2. The second-order valence-corrected chi connectivity index (χ2v) is 7.48. The molecule has 0 radical (unpaired) electrons. The number of nitrogens with one attached hydrogen (secondary N) is 2. The molecule has 166 valence electrons. The molecule has 2 N–H and O–H groups in total. The van der Waals surface area contributed by atoms with E-state index in [1.807, 2.05) is 20.8 Å². The molecule has 0 atom stereocenters. The second-order valence-electron chi connectivity index (χ2n) is 7.48. The second kappa shape index (κ2) is 11.4. The highest BCUT2D eigenvalue weighted by Crippen LogP contribution is 2.24. The Bertz CT molecular complexity index is 615. The van der Waals surface area contributed by atoms with Gasteiger partial charge in [-0.3, -0.25) is 4.90 Å². The Balaban J connectivity index is 1.80. The van der Waals surface area contributed by atoms with Crippen LogP contribution in [0.15, 0.2) is 9.52 Å². The predicted octanol–water partition coefficient (Wildman–Crippen LogP) is 3.52. The largest absolute Gasteiger partial charge is 0.401 e. The highest BCUT2D eigenvalue weighted by molar-refractivity contribution is 5.79. The van der Waals surface area contributed by atoms with E-state index in [-0.39, 0.29) is 0 Å². The Kier molecular flexibility index (Phi) is 9.26. The van der Waals surface area contributed by atoms with Crippen molar-refractivity contribution in [3.8, 4) is 0 Å². The summed E-state index contributed by atoms with van der Waals surface area (Å²) in [6.07, 6.45) is 0.0429. The summed E-state index contributed by atoms with van der Waals surface area (Å²) < 4.78 is 42.9. The molecule has 2 rings (SSSR count). The molecule has 1 fully saturated rings. The van der Waals surface area contributed by atoms with E-state index in [1.165, 1.54) is 4.90 Å². The molecule has 0 aliphatic carbocycles. The number of hydrogen-bond acceptors (Lipinski definition) is 4.